The molecule has 1 aliphatic heterocycles. The lowest BCUT2D eigenvalue weighted by Crippen LogP contribution is -2.57. The van der Waals surface area contributed by atoms with Crippen molar-refractivity contribution in [2.45, 2.75) is 110 Å². The van der Waals surface area contributed by atoms with Crippen molar-refractivity contribution in [1.29, 1.82) is 0 Å². The normalized spacial score (nSPS) is 16.3. The minimum Gasteiger partial charge on any atom is -0.492 e. The fraction of sp³-hybridized carbons (Fsp3) is 0.511. The molecule has 12 N–H and O–H groups in total. The molecule has 0 saturated carbocycles. The predicted octanol–water partition coefficient (Wildman–Crippen LogP) is 2.42. The molecule has 4 atom stereocenters. The molecule has 1 aliphatic rings. The van der Waals surface area contributed by atoms with Crippen molar-refractivity contribution in [2.75, 3.05) is 46.4 Å². The minimum absolute atomic E-state index is 0.0614. The van der Waals surface area contributed by atoms with Crippen molar-refractivity contribution in [1.82, 2.24) is 26.2 Å². The molecule has 0 fully saturated rings. The van der Waals surface area contributed by atoms with Crippen LogP contribution < -0.4 is 47.9 Å². The maximum atomic E-state index is 15.2. The molecular weight excluding hydrogens is 850 g/mol. The highest BCUT2D eigenvalue weighted by Crippen LogP contribution is 2.40. The van der Waals surface area contributed by atoms with Gasteiger partial charge in [0.15, 0.2) is 0 Å². The van der Waals surface area contributed by atoms with Crippen molar-refractivity contribution < 1.29 is 47.9 Å². The molecule has 17 nitrogen and oxygen atoms in total. The summed E-state index contributed by atoms with van der Waals surface area (Å²) in [7, 11) is -0.524. The number of hydrogen-bond donors (Lipinski definition) is 9. The summed E-state index contributed by atoms with van der Waals surface area (Å²) in [4.78, 5) is 69.6. The Morgan fingerprint density at radius 2 is 1.47 bits per heavy atom. The Labute approximate surface area is 388 Å². The van der Waals surface area contributed by atoms with E-state index in [9.17, 15) is 34.0 Å². The van der Waals surface area contributed by atoms with Gasteiger partial charge in [0.1, 0.15) is 48.7 Å². The summed E-state index contributed by atoms with van der Waals surface area (Å²) in [5, 5.41) is 29.6. The van der Waals surface area contributed by atoms with Gasteiger partial charge in [-0.25, -0.2) is 4.39 Å². The molecule has 4 bridgehead atoms. The van der Waals surface area contributed by atoms with Gasteiger partial charge in [-0.3, -0.25) is 24.0 Å². The van der Waals surface area contributed by atoms with E-state index >= 15 is 4.39 Å². The number of rotatable bonds is 21. The van der Waals surface area contributed by atoms with Crippen molar-refractivity contribution in [2.24, 2.45) is 17.2 Å². The molecule has 1 heterocycles. The number of nitrogens with one attached hydrogen (secondary N) is 4. The number of carbonyl (C=O) groups excluding carboxylic acids is 5. The number of unbranched alkanes of at least 4 members (excludes halogenated alkanes) is 5. The second-order valence-corrected chi connectivity index (χ2v) is 16.3. The summed E-state index contributed by atoms with van der Waals surface area (Å²) in [6.07, 6.45) is 8.28. The lowest BCUT2D eigenvalue weighted by Gasteiger charge is -2.30. The quantitative estimate of drug-likeness (QED) is 0.0551. The van der Waals surface area contributed by atoms with Gasteiger partial charge in [-0.1, -0.05) is 64.2 Å². The molecule has 0 radical (unpaired) electrons. The molecule has 2 unspecified atom stereocenters. The fourth-order valence-electron chi connectivity index (χ4n) is 7.01. The molecule has 5 amide bonds. The highest BCUT2D eigenvalue weighted by Gasteiger charge is 2.34. The molecule has 0 aliphatic carbocycles. The van der Waals surface area contributed by atoms with Gasteiger partial charge in [-0.15, -0.1) is 0 Å². The van der Waals surface area contributed by atoms with Crippen LogP contribution in [0.25, 0.3) is 11.1 Å². The maximum absolute atomic E-state index is 15.2. The van der Waals surface area contributed by atoms with Gasteiger partial charge in [0.25, 0.3) is 5.91 Å². The zero-order chi connectivity index (χ0) is 48.8. The van der Waals surface area contributed by atoms with Crippen molar-refractivity contribution >= 4 is 36.7 Å². The van der Waals surface area contributed by atoms with Crippen molar-refractivity contribution in [3.05, 3.63) is 82.7 Å². The number of nitrogens with two attached hydrogens (primary N) is 3. The van der Waals surface area contributed by atoms with Crippen LogP contribution in [0.2, 0.25) is 0 Å². The van der Waals surface area contributed by atoms with Crippen LogP contribution in [-0.4, -0.2) is 116 Å². The van der Waals surface area contributed by atoms with Gasteiger partial charge in [0, 0.05) is 37.7 Å². The van der Waals surface area contributed by atoms with E-state index < -0.39 is 73.1 Å². The molecule has 0 spiro atoms. The Hall–Kier alpha value is -5.60. The summed E-state index contributed by atoms with van der Waals surface area (Å²) in [5.74, 6) is -4.87. The SMILES string of the molecule is CCCCCCCCc1ccc(C(=O)NCC(=O)N(C)C2C(=O)N[C@@H](C)C(=O)NC(C(=O)N[C@@H](C)B(O)O)Cc3ccc(OCCN)c(c3)-c3cc2ccc3OCCN)c(F)c1.CCCN. The lowest BCUT2D eigenvalue weighted by atomic mass is 9.81. The number of ether oxygens (including phenoxy) is 2. The van der Waals surface area contributed by atoms with Crippen LogP contribution in [0.4, 0.5) is 4.39 Å². The number of amides is 5. The fourth-order valence-corrected chi connectivity index (χ4v) is 7.01. The first kappa shape index (κ1) is 54.7. The number of carbonyl (C=O) groups is 5. The van der Waals surface area contributed by atoms with Gasteiger partial charge in [0.2, 0.25) is 23.6 Å². The molecular formula is C47H70BFN8O9. The highest BCUT2D eigenvalue weighted by atomic mass is 19.1. The van der Waals surface area contributed by atoms with E-state index in [2.05, 4.69) is 35.1 Å². The maximum Gasteiger partial charge on any atom is 0.475 e. The largest absolute Gasteiger partial charge is 0.492 e. The van der Waals surface area contributed by atoms with Crippen LogP contribution in [0, 0.1) is 5.82 Å². The standard InChI is InChI=1S/C44H61BFN7O9.C3H9N/c1-5-6-7-8-9-10-11-29-12-15-32(35(46)23-29)42(56)49-26-39(54)53(4)40-31-14-17-38(62-21-19-48)34(25-31)33-22-30(13-16-37(33)61-20-18-47)24-36(43(57)51-28(3)45(59)60)52-41(55)27(2)50-44(40)58;1-2-3-4/h12-17,22-23,25,27-28,36,40,59-60H,5-11,18-21,24,26,47-48H2,1-4H3,(H,49,56)(H,50,58)(H,51,57)(H,52,55);2-4H2,1H3/t27-,28-,36?,40?;/m0./s1. The molecule has 3 aromatic rings. The summed E-state index contributed by atoms with van der Waals surface area (Å²) in [5.41, 5.74) is 18.9. The monoisotopic (exact) mass is 921 g/mol. The van der Waals surface area contributed by atoms with Crippen LogP contribution >= 0.6 is 0 Å². The van der Waals surface area contributed by atoms with E-state index in [0.717, 1.165) is 49.1 Å². The predicted molar refractivity (Wildman–Crippen MR) is 253 cm³/mol. The van der Waals surface area contributed by atoms with Crippen LogP contribution in [0.5, 0.6) is 11.5 Å². The van der Waals surface area contributed by atoms with E-state index in [1.165, 1.54) is 45.9 Å². The first-order valence-corrected chi connectivity index (χ1v) is 22.8. The van der Waals surface area contributed by atoms with E-state index in [-0.39, 0.29) is 38.3 Å². The molecule has 4 rings (SSSR count). The number of fused-ring (bicyclic) bond motifs is 5. The minimum atomic E-state index is -1.88. The van der Waals surface area contributed by atoms with Gasteiger partial charge >= 0.3 is 7.12 Å². The van der Waals surface area contributed by atoms with E-state index in [1.54, 1.807) is 42.5 Å². The molecule has 362 valence electrons. The summed E-state index contributed by atoms with van der Waals surface area (Å²) in [6.45, 7) is 7.82. The summed E-state index contributed by atoms with van der Waals surface area (Å²) < 4.78 is 27.3. The average Bonchev–Trinajstić information content (AvgIpc) is 3.30. The molecule has 66 heavy (non-hydrogen) atoms. The Kier molecular flexibility index (Phi) is 23.6. The van der Waals surface area contributed by atoms with Crippen LogP contribution in [-0.2, 0) is 32.0 Å². The Balaban J connectivity index is 0.00000277. The topological polar surface area (TPSA) is 274 Å². The number of nitrogens with zero attached hydrogens (tertiary/aromatic N) is 1. The Morgan fingerprint density at radius 1 is 0.848 bits per heavy atom. The Morgan fingerprint density at radius 3 is 2.08 bits per heavy atom. The zero-order valence-electron chi connectivity index (χ0n) is 39.0. The number of hydrogen-bond acceptors (Lipinski definition) is 12. The molecule has 0 saturated heterocycles. The third-order valence-electron chi connectivity index (χ3n) is 10.9. The smallest absolute Gasteiger partial charge is 0.475 e. The van der Waals surface area contributed by atoms with E-state index in [4.69, 9.17) is 26.7 Å². The average molecular weight is 921 g/mol. The van der Waals surface area contributed by atoms with Crippen LogP contribution in [0.15, 0.2) is 54.6 Å². The summed E-state index contributed by atoms with van der Waals surface area (Å²) in [6, 6.07) is 10.5. The number of aryl methyl sites for hydroxylation is 1. The molecule has 0 aromatic heterocycles. The van der Waals surface area contributed by atoms with E-state index in [1.807, 2.05) is 0 Å². The van der Waals surface area contributed by atoms with Crippen molar-refractivity contribution in [3.8, 4) is 22.6 Å². The van der Waals surface area contributed by atoms with Crippen molar-refractivity contribution in [3.63, 3.8) is 0 Å². The molecule has 3 aromatic carbocycles. The van der Waals surface area contributed by atoms with Crippen LogP contribution in [0.1, 0.15) is 106 Å². The number of likely N-dealkylation sites (N-methyl/N-ethyl adjacent to an activating group) is 1. The van der Waals surface area contributed by atoms with Gasteiger partial charge in [-0.2, -0.15) is 0 Å². The van der Waals surface area contributed by atoms with E-state index in [0.29, 0.717) is 40.2 Å². The zero-order valence-corrected chi connectivity index (χ0v) is 39.0. The third kappa shape index (κ3) is 16.7. The third-order valence-corrected chi connectivity index (χ3v) is 10.9. The number of benzene rings is 3. The van der Waals surface area contributed by atoms with Gasteiger partial charge in [-0.05, 0) is 92.7 Å². The van der Waals surface area contributed by atoms with Gasteiger partial charge in [0.05, 0.1) is 18.0 Å². The number of halogens is 1. The first-order chi connectivity index (χ1) is 31.6. The second-order valence-electron chi connectivity index (χ2n) is 16.3. The summed E-state index contributed by atoms with van der Waals surface area (Å²) >= 11 is 0. The van der Waals surface area contributed by atoms with Crippen LogP contribution in [0.3, 0.4) is 0 Å². The lowest BCUT2D eigenvalue weighted by molar-refractivity contribution is -0.139. The second kappa shape index (κ2) is 28.4. The first-order valence-electron chi connectivity index (χ1n) is 22.8. The Bertz CT molecular complexity index is 2060. The molecule has 19 heteroatoms. The highest BCUT2D eigenvalue weighted by molar-refractivity contribution is 6.43. The van der Waals surface area contributed by atoms with Gasteiger partial charge < -0.3 is 62.9 Å².